The van der Waals surface area contributed by atoms with Crippen molar-refractivity contribution in [1.82, 2.24) is 4.57 Å². The topological polar surface area (TPSA) is 3.24 Å². The molecular weight excluding hydrogens is 162 g/mol. The molecule has 0 aliphatic carbocycles. The van der Waals surface area contributed by atoms with E-state index >= 15 is 0 Å². The number of hydrogen-bond acceptors (Lipinski definition) is 1. The second-order valence-electron chi connectivity index (χ2n) is 3.84. The van der Waals surface area contributed by atoms with Crippen molar-refractivity contribution in [1.29, 1.82) is 0 Å². The lowest BCUT2D eigenvalue weighted by Crippen LogP contribution is -2.36. The second-order valence-corrected chi connectivity index (χ2v) is 6.75. The van der Waals surface area contributed by atoms with Gasteiger partial charge in [0.1, 0.15) is 8.96 Å². The first-order valence-electron chi connectivity index (χ1n) is 5.46. The molecule has 12 heavy (non-hydrogen) atoms. The van der Waals surface area contributed by atoms with Crippen LogP contribution in [0.5, 0.6) is 0 Å². The van der Waals surface area contributed by atoms with E-state index in [1.54, 1.807) is 0 Å². The largest absolute Gasteiger partial charge is 0.327 e. The predicted octanol–water partition coefficient (Wildman–Crippen LogP) is 2.87. The summed E-state index contributed by atoms with van der Waals surface area (Å²) in [6.07, 6.45) is 5.44. The molecule has 0 aromatic rings. The van der Waals surface area contributed by atoms with E-state index in [1.807, 2.05) is 0 Å². The number of rotatable bonds is 7. The second kappa shape index (κ2) is 7.81. The Bertz CT molecular complexity index is 85.8. The van der Waals surface area contributed by atoms with E-state index in [-0.39, 0.29) is 0 Å². The Morgan fingerprint density at radius 3 is 1.58 bits per heavy atom. The van der Waals surface area contributed by atoms with Gasteiger partial charge in [-0.1, -0.05) is 39.8 Å². The van der Waals surface area contributed by atoms with Gasteiger partial charge in [0.15, 0.2) is 0 Å². The summed E-state index contributed by atoms with van der Waals surface area (Å²) in [5, 5.41) is 0. The molecule has 0 amide bonds. The maximum atomic E-state index is 2.73. The molecule has 0 saturated carbocycles. The van der Waals surface area contributed by atoms with Gasteiger partial charge in [0.05, 0.1) is 0 Å². The molecule has 74 valence electrons. The SMILES string of the molecule is CCCCN(CCCC)[SiH](C)C. The fraction of sp³-hybridized carbons (Fsp3) is 1.00. The van der Waals surface area contributed by atoms with Gasteiger partial charge in [-0.2, -0.15) is 0 Å². The zero-order valence-electron chi connectivity index (χ0n) is 9.27. The standard InChI is InChI=1S/C10H25NSi/c1-5-7-9-11(12(3)4)10-8-6-2/h12H,5-10H2,1-4H3. The van der Waals surface area contributed by atoms with E-state index in [0.29, 0.717) is 0 Å². The molecule has 0 spiro atoms. The molecule has 0 heterocycles. The van der Waals surface area contributed by atoms with Crippen molar-refractivity contribution in [2.24, 2.45) is 0 Å². The van der Waals surface area contributed by atoms with Crippen molar-refractivity contribution < 1.29 is 0 Å². The van der Waals surface area contributed by atoms with Crippen LogP contribution in [-0.2, 0) is 0 Å². The van der Waals surface area contributed by atoms with Crippen molar-refractivity contribution in [2.75, 3.05) is 13.1 Å². The Hall–Kier alpha value is 0.177. The van der Waals surface area contributed by atoms with E-state index in [1.165, 1.54) is 38.8 Å². The zero-order chi connectivity index (χ0) is 9.40. The van der Waals surface area contributed by atoms with Crippen molar-refractivity contribution >= 4 is 8.96 Å². The Labute approximate surface area is 79.8 Å². The van der Waals surface area contributed by atoms with Crippen LogP contribution in [0.25, 0.3) is 0 Å². The summed E-state index contributed by atoms with van der Waals surface area (Å²) in [6.45, 7) is 12.1. The molecule has 0 unspecified atom stereocenters. The molecule has 0 bridgehead atoms. The van der Waals surface area contributed by atoms with Crippen LogP contribution in [0.4, 0.5) is 0 Å². The van der Waals surface area contributed by atoms with Crippen LogP contribution in [0.3, 0.4) is 0 Å². The van der Waals surface area contributed by atoms with E-state index in [0.717, 1.165) is 0 Å². The summed E-state index contributed by atoms with van der Waals surface area (Å²) in [6, 6.07) is 0. The molecule has 0 saturated heterocycles. The van der Waals surface area contributed by atoms with Gasteiger partial charge in [0.25, 0.3) is 0 Å². The maximum absolute atomic E-state index is 2.73. The van der Waals surface area contributed by atoms with Crippen molar-refractivity contribution in [2.45, 2.75) is 52.6 Å². The first-order valence-corrected chi connectivity index (χ1v) is 8.29. The number of hydrogen-bond donors (Lipinski definition) is 0. The van der Waals surface area contributed by atoms with E-state index in [9.17, 15) is 0 Å². The van der Waals surface area contributed by atoms with E-state index < -0.39 is 8.96 Å². The molecule has 0 N–H and O–H groups in total. The summed E-state index contributed by atoms with van der Waals surface area (Å²) < 4.78 is 2.73. The van der Waals surface area contributed by atoms with Crippen molar-refractivity contribution in [3.8, 4) is 0 Å². The van der Waals surface area contributed by atoms with Crippen LogP contribution in [0, 0.1) is 0 Å². The molecule has 0 radical (unpaired) electrons. The minimum Gasteiger partial charge on any atom is -0.327 e. The van der Waals surface area contributed by atoms with E-state index in [4.69, 9.17) is 0 Å². The molecule has 1 nitrogen and oxygen atoms in total. The molecule has 0 rings (SSSR count). The Morgan fingerprint density at radius 1 is 0.917 bits per heavy atom. The van der Waals surface area contributed by atoms with Gasteiger partial charge >= 0.3 is 0 Å². The van der Waals surface area contributed by atoms with Crippen molar-refractivity contribution in [3.05, 3.63) is 0 Å². The third kappa shape index (κ3) is 5.78. The lowest BCUT2D eigenvalue weighted by molar-refractivity contribution is 0.413. The quantitative estimate of drug-likeness (QED) is 0.554. The van der Waals surface area contributed by atoms with Crippen LogP contribution in [0.1, 0.15) is 39.5 Å². The fourth-order valence-electron chi connectivity index (χ4n) is 1.35. The summed E-state index contributed by atoms with van der Waals surface area (Å²) in [5.74, 6) is 0. The van der Waals surface area contributed by atoms with Crippen LogP contribution < -0.4 is 0 Å². The van der Waals surface area contributed by atoms with Gasteiger partial charge in [0.2, 0.25) is 0 Å². The Kier molecular flexibility index (Phi) is 7.92. The number of nitrogens with zero attached hydrogens (tertiary/aromatic N) is 1. The van der Waals surface area contributed by atoms with Gasteiger partial charge in [-0.3, -0.25) is 0 Å². The van der Waals surface area contributed by atoms with Gasteiger partial charge in [0, 0.05) is 0 Å². The Morgan fingerprint density at radius 2 is 1.33 bits per heavy atom. The zero-order valence-corrected chi connectivity index (χ0v) is 10.4. The minimum atomic E-state index is -0.515. The third-order valence-electron chi connectivity index (χ3n) is 2.33. The molecule has 0 aromatic carbocycles. The monoisotopic (exact) mass is 187 g/mol. The minimum absolute atomic E-state index is 0.515. The lowest BCUT2D eigenvalue weighted by atomic mass is 10.3. The molecular formula is C10H25NSi. The Balaban J connectivity index is 3.55. The normalized spacial score (nSPS) is 11.5. The third-order valence-corrected chi connectivity index (χ3v) is 4.31. The molecule has 2 heteroatoms. The maximum Gasteiger partial charge on any atom is 0.105 e. The van der Waals surface area contributed by atoms with Crippen LogP contribution in [0.2, 0.25) is 13.1 Å². The number of unbranched alkanes of at least 4 members (excludes halogenated alkanes) is 2. The molecule has 0 aliphatic rings. The van der Waals surface area contributed by atoms with E-state index in [2.05, 4.69) is 31.5 Å². The summed E-state index contributed by atoms with van der Waals surface area (Å²) in [5.41, 5.74) is 0. The highest BCUT2D eigenvalue weighted by atomic mass is 28.3. The van der Waals surface area contributed by atoms with Gasteiger partial charge in [-0.25, -0.2) is 0 Å². The smallest absolute Gasteiger partial charge is 0.105 e. The van der Waals surface area contributed by atoms with Gasteiger partial charge in [-0.05, 0) is 25.9 Å². The van der Waals surface area contributed by atoms with Gasteiger partial charge < -0.3 is 4.57 Å². The molecule has 0 aromatic heterocycles. The highest BCUT2D eigenvalue weighted by Crippen LogP contribution is 2.01. The summed E-state index contributed by atoms with van der Waals surface area (Å²) in [4.78, 5) is 0. The molecule has 0 aliphatic heterocycles. The lowest BCUT2D eigenvalue weighted by Gasteiger charge is -2.25. The highest BCUT2D eigenvalue weighted by molar-refractivity contribution is 6.52. The average Bonchev–Trinajstić information content (AvgIpc) is 2.04. The van der Waals surface area contributed by atoms with Gasteiger partial charge in [-0.15, -0.1) is 0 Å². The van der Waals surface area contributed by atoms with Crippen LogP contribution in [0.15, 0.2) is 0 Å². The first kappa shape index (κ1) is 12.2. The molecule has 0 atom stereocenters. The predicted molar refractivity (Wildman–Crippen MR) is 60.3 cm³/mol. The summed E-state index contributed by atoms with van der Waals surface area (Å²) in [7, 11) is -0.515. The highest BCUT2D eigenvalue weighted by Gasteiger charge is 2.07. The first-order chi connectivity index (χ1) is 5.72. The van der Waals surface area contributed by atoms with Crippen molar-refractivity contribution in [3.63, 3.8) is 0 Å². The average molecular weight is 187 g/mol. The fourth-order valence-corrected chi connectivity index (χ4v) is 2.75. The summed E-state index contributed by atoms with van der Waals surface area (Å²) >= 11 is 0. The molecule has 0 fully saturated rings. The van der Waals surface area contributed by atoms with Crippen LogP contribution >= 0.6 is 0 Å². The van der Waals surface area contributed by atoms with Crippen LogP contribution in [-0.4, -0.2) is 26.6 Å².